The first-order valence-electron chi connectivity index (χ1n) is 5.38. The quantitative estimate of drug-likeness (QED) is 0.590. The molecule has 0 radical (unpaired) electrons. The van der Waals surface area contributed by atoms with Crippen LogP contribution in [-0.4, -0.2) is 61.3 Å². The van der Waals surface area contributed by atoms with E-state index in [1.165, 1.54) is 4.90 Å². The summed E-state index contributed by atoms with van der Waals surface area (Å²) >= 11 is 0. The molecule has 0 aromatic carbocycles. The van der Waals surface area contributed by atoms with Gasteiger partial charge in [0.25, 0.3) is 0 Å². The predicted molar refractivity (Wildman–Crippen MR) is 57.1 cm³/mol. The molecule has 1 heterocycles. The van der Waals surface area contributed by atoms with E-state index in [2.05, 4.69) is 5.32 Å². The third-order valence-electron chi connectivity index (χ3n) is 2.62. The number of carboxylic acid groups (broad SMARTS) is 1. The number of carboxylic acids is 1. The van der Waals surface area contributed by atoms with E-state index in [1.807, 2.05) is 0 Å². The number of aliphatic carboxylic acids is 1. The average molecular weight is 230 g/mol. The van der Waals surface area contributed by atoms with Gasteiger partial charge in [-0.25, -0.2) is 4.79 Å². The van der Waals surface area contributed by atoms with Crippen LogP contribution in [-0.2, 0) is 14.3 Å². The Bertz CT molecular complexity index is 257. The zero-order valence-electron chi connectivity index (χ0n) is 9.44. The molecule has 92 valence electrons. The number of amides is 1. The second kappa shape index (κ2) is 6.44. The second-order valence-corrected chi connectivity index (χ2v) is 3.75. The molecule has 6 nitrogen and oxygen atoms in total. The molecule has 1 atom stereocenters. The maximum absolute atomic E-state index is 11.7. The molecule has 16 heavy (non-hydrogen) atoms. The van der Waals surface area contributed by atoms with E-state index >= 15 is 0 Å². The SMILES string of the molecule is COCCNCC(=O)N1CCC[C@@H]1C(=O)O. The van der Waals surface area contributed by atoms with E-state index in [1.54, 1.807) is 7.11 Å². The number of hydrogen-bond donors (Lipinski definition) is 2. The van der Waals surface area contributed by atoms with E-state index in [0.717, 1.165) is 6.42 Å². The van der Waals surface area contributed by atoms with Gasteiger partial charge in [-0.05, 0) is 12.8 Å². The van der Waals surface area contributed by atoms with Crippen LogP contribution in [0.3, 0.4) is 0 Å². The van der Waals surface area contributed by atoms with Crippen LogP contribution in [0.5, 0.6) is 0 Å². The van der Waals surface area contributed by atoms with Crippen molar-refractivity contribution in [3.8, 4) is 0 Å². The van der Waals surface area contributed by atoms with Crippen LogP contribution in [0, 0.1) is 0 Å². The molecular formula is C10H18N2O4. The maximum Gasteiger partial charge on any atom is 0.326 e. The molecule has 1 aliphatic heterocycles. The minimum absolute atomic E-state index is 0.152. The lowest BCUT2D eigenvalue weighted by atomic mass is 10.2. The van der Waals surface area contributed by atoms with Crippen LogP contribution >= 0.6 is 0 Å². The standard InChI is InChI=1S/C10H18N2O4/c1-16-6-4-11-7-9(13)12-5-2-3-8(12)10(14)15/h8,11H,2-7H2,1H3,(H,14,15)/t8-/m1/s1. The van der Waals surface area contributed by atoms with E-state index < -0.39 is 12.0 Å². The maximum atomic E-state index is 11.7. The summed E-state index contributed by atoms with van der Waals surface area (Å²) < 4.78 is 4.83. The number of hydrogen-bond acceptors (Lipinski definition) is 4. The zero-order chi connectivity index (χ0) is 12.0. The van der Waals surface area contributed by atoms with Crippen molar-refractivity contribution in [1.82, 2.24) is 10.2 Å². The first-order valence-corrected chi connectivity index (χ1v) is 5.38. The summed E-state index contributed by atoms with van der Waals surface area (Å²) in [5, 5.41) is 11.8. The summed E-state index contributed by atoms with van der Waals surface area (Å²) in [5.74, 6) is -1.07. The van der Waals surface area contributed by atoms with Crippen LogP contribution < -0.4 is 5.32 Å². The molecule has 1 saturated heterocycles. The minimum Gasteiger partial charge on any atom is -0.480 e. The molecule has 6 heteroatoms. The third-order valence-corrected chi connectivity index (χ3v) is 2.62. The van der Waals surface area contributed by atoms with Crippen LogP contribution in [0.4, 0.5) is 0 Å². The fraction of sp³-hybridized carbons (Fsp3) is 0.800. The average Bonchev–Trinajstić information content (AvgIpc) is 2.73. The van der Waals surface area contributed by atoms with Gasteiger partial charge in [0.15, 0.2) is 0 Å². The van der Waals surface area contributed by atoms with Crippen LogP contribution in [0.15, 0.2) is 0 Å². The van der Waals surface area contributed by atoms with Crippen LogP contribution in [0.2, 0.25) is 0 Å². The molecule has 0 aromatic rings. The highest BCUT2D eigenvalue weighted by Gasteiger charge is 2.33. The number of carbonyl (C=O) groups excluding carboxylic acids is 1. The number of nitrogens with zero attached hydrogens (tertiary/aromatic N) is 1. The van der Waals surface area contributed by atoms with Gasteiger partial charge in [-0.3, -0.25) is 4.79 Å². The molecule has 0 unspecified atom stereocenters. The number of methoxy groups -OCH3 is 1. The molecule has 1 fully saturated rings. The highest BCUT2D eigenvalue weighted by Crippen LogP contribution is 2.16. The van der Waals surface area contributed by atoms with Gasteiger partial charge in [0, 0.05) is 20.2 Å². The van der Waals surface area contributed by atoms with Gasteiger partial charge in [-0.15, -0.1) is 0 Å². The molecule has 1 aliphatic rings. The van der Waals surface area contributed by atoms with Crippen molar-refractivity contribution in [2.45, 2.75) is 18.9 Å². The highest BCUT2D eigenvalue weighted by atomic mass is 16.5. The highest BCUT2D eigenvalue weighted by molar-refractivity contribution is 5.85. The van der Waals surface area contributed by atoms with Gasteiger partial charge < -0.3 is 20.1 Å². The van der Waals surface area contributed by atoms with Gasteiger partial charge in [-0.2, -0.15) is 0 Å². The Hall–Kier alpha value is -1.14. The summed E-state index contributed by atoms with van der Waals surface area (Å²) in [5.41, 5.74) is 0. The molecule has 0 aliphatic carbocycles. The molecule has 0 bridgehead atoms. The lowest BCUT2D eigenvalue weighted by Crippen LogP contribution is -2.44. The van der Waals surface area contributed by atoms with Crippen molar-refractivity contribution in [3.05, 3.63) is 0 Å². The number of nitrogens with one attached hydrogen (secondary N) is 1. The monoisotopic (exact) mass is 230 g/mol. The van der Waals surface area contributed by atoms with Crippen molar-refractivity contribution >= 4 is 11.9 Å². The number of likely N-dealkylation sites (tertiary alicyclic amines) is 1. The molecule has 0 aromatic heterocycles. The Labute approximate surface area is 94.6 Å². The number of ether oxygens (including phenoxy) is 1. The Kier molecular flexibility index (Phi) is 5.21. The van der Waals surface area contributed by atoms with Gasteiger partial charge in [0.1, 0.15) is 6.04 Å². The van der Waals surface area contributed by atoms with Crippen molar-refractivity contribution in [3.63, 3.8) is 0 Å². The fourth-order valence-corrected chi connectivity index (χ4v) is 1.79. The topological polar surface area (TPSA) is 78.9 Å². The van der Waals surface area contributed by atoms with Crippen molar-refractivity contribution < 1.29 is 19.4 Å². The molecule has 0 spiro atoms. The number of carbonyl (C=O) groups is 2. The van der Waals surface area contributed by atoms with E-state index in [9.17, 15) is 9.59 Å². The smallest absolute Gasteiger partial charge is 0.326 e. The number of rotatable bonds is 6. The van der Waals surface area contributed by atoms with Gasteiger partial charge in [-0.1, -0.05) is 0 Å². The normalized spacial score (nSPS) is 20.1. The summed E-state index contributed by atoms with van der Waals surface area (Å²) in [7, 11) is 1.59. The van der Waals surface area contributed by atoms with Gasteiger partial charge >= 0.3 is 5.97 Å². The van der Waals surface area contributed by atoms with E-state index in [0.29, 0.717) is 26.1 Å². The van der Waals surface area contributed by atoms with Gasteiger partial charge in [0.2, 0.25) is 5.91 Å². The minimum atomic E-state index is -0.914. The predicted octanol–water partition coefficient (Wildman–Crippen LogP) is -0.702. The Morgan fingerprint density at radius 1 is 1.56 bits per heavy atom. The Morgan fingerprint density at radius 3 is 2.94 bits per heavy atom. The van der Waals surface area contributed by atoms with Crippen LogP contribution in [0.25, 0.3) is 0 Å². The zero-order valence-corrected chi connectivity index (χ0v) is 9.44. The van der Waals surface area contributed by atoms with Crippen molar-refractivity contribution in [2.24, 2.45) is 0 Å². The Balaban J connectivity index is 2.32. The first kappa shape index (κ1) is 12.9. The summed E-state index contributed by atoms with van der Waals surface area (Å²) in [6.07, 6.45) is 1.32. The first-order chi connectivity index (χ1) is 7.66. The van der Waals surface area contributed by atoms with E-state index in [4.69, 9.17) is 9.84 Å². The van der Waals surface area contributed by atoms with Gasteiger partial charge in [0.05, 0.1) is 13.2 Å². The fourth-order valence-electron chi connectivity index (χ4n) is 1.79. The lowest BCUT2D eigenvalue weighted by Gasteiger charge is -2.21. The molecule has 0 saturated carbocycles. The summed E-state index contributed by atoms with van der Waals surface area (Å²) in [6, 6.07) is -0.642. The molecule has 1 amide bonds. The van der Waals surface area contributed by atoms with Crippen LogP contribution in [0.1, 0.15) is 12.8 Å². The summed E-state index contributed by atoms with van der Waals surface area (Å²) in [4.78, 5) is 24.0. The molecule has 1 rings (SSSR count). The lowest BCUT2D eigenvalue weighted by molar-refractivity contribution is -0.147. The molecule has 2 N–H and O–H groups in total. The van der Waals surface area contributed by atoms with E-state index in [-0.39, 0.29) is 12.5 Å². The largest absolute Gasteiger partial charge is 0.480 e. The Morgan fingerprint density at radius 2 is 2.31 bits per heavy atom. The van der Waals surface area contributed by atoms with Crippen molar-refractivity contribution in [2.75, 3.05) is 33.4 Å². The third kappa shape index (κ3) is 3.46. The summed E-state index contributed by atoms with van der Waals surface area (Å²) in [6.45, 7) is 1.85. The second-order valence-electron chi connectivity index (χ2n) is 3.75. The molecular weight excluding hydrogens is 212 g/mol. The van der Waals surface area contributed by atoms with Crippen molar-refractivity contribution in [1.29, 1.82) is 0 Å².